The Hall–Kier alpha value is -2.65. The molecular weight excluding hydrogens is 376 g/mol. The van der Waals surface area contributed by atoms with E-state index >= 15 is 0 Å². The molecule has 1 N–H and O–H groups in total. The molecule has 2 heterocycles. The third-order valence-corrected chi connectivity index (χ3v) is 6.31. The Morgan fingerprint density at radius 2 is 2.03 bits per heavy atom. The standard InChI is InChI=1S/C24H30N4O2/c1-17-7-8-19-14-20(23(27-22(19)13-17)28-11-9-26-10-12-28)21(15-25)24(29)30-16-18-5-3-2-4-6-18/h7-8,13,18,26H,2-6,9-12,14,16H2,1H3/b21-20+. The van der Waals surface area contributed by atoms with Crippen molar-refractivity contribution in [2.75, 3.05) is 32.8 Å². The van der Waals surface area contributed by atoms with Gasteiger partial charge in [-0.15, -0.1) is 0 Å². The Kier molecular flexibility index (Phi) is 6.49. The summed E-state index contributed by atoms with van der Waals surface area (Å²) in [6.45, 7) is 5.79. The molecule has 2 fully saturated rings. The number of fused-ring (bicyclic) bond motifs is 1. The molecule has 2 aliphatic heterocycles. The lowest BCUT2D eigenvalue weighted by Crippen LogP contribution is -2.47. The third kappa shape index (κ3) is 4.57. The number of piperazine rings is 1. The van der Waals surface area contributed by atoms with Crippen molar-refractivity contribution in [1.29, 1.82) is 5.26 Å². The molecule has 6 heteroatoms. The number of rotatable bonds is 3. The molecule has 3 aliphatic rings. The Morgan fingerprint density at radius 3 is 2.77 bits per heavy atom. The first-order valence-corrected chi connectivity index (χ1v) is 11.1. The van der Waals surface area contributed by atoms with E-state index in [0.717, 1.165) is 61.7 Å². The van der Waals surface area contributed by atoms with E-state index in [2.05, 4.69) is 35.3 Å². The van der Waals surface area contributed by atoms with Crippen LogP contribution in [-0.4, -0.2) is 49.5 Å². The molecular formula is C24H30N4O2. The van der Waals surface area contributed by atoms with Gasteiger partial charge in [-0.1, -0.05) is 31.4 Å². The van der Waals surface area contributed by atoms with Gasteiger partial charge in [0, 0.05) is 38.2 Å². The average molecular weight is 407 g/mol. The minimum absolute atomic E-state index is 0.106. The van der Waals surface area contributed by atoms with Crippen molar-refractivity contribution in [3.8, 4) is 6.07 Å². The summed E-state index contributed by atoms with van der Waals surface area (Å²) < 4.78 is 5.63. The van der Waals surface area contributed by atoms with E-state index < -0.39 is 5.97 Å². The van der Waals surface area contributed by atoms with Gasteiger partial charge in [-0.3, -0.25) is 0 Å². The van der Waals surface area contributed by atoms with Gasteiger partial charge in [-0.05, 0) is 42.9 Å². The van der Waals surface area contributed by atoms with Crippen molar-refractivity contribution < 1.29 is 9.53 Å². The zero-order valence-corrected chi connectivity index (χ0v) is 17.7. The van der Waals surface area contributed by atoms with Gasteiger partial charge < -0.3 is 15.0 Å². The Labute approximate surface area is 178 Å². The first-order chi connectivity index (χ1) is 14.7. The topological polar surface area (TPSA) is 77.7 Å². The molecule has 1 saturated heterocycles. The molecule has 0 bridgehead atoms. The molecule has 0 spiro atoms. The number of nitriles is 1. The zero-order valence-electron chi connectivity index (χ0n) is 17.7. The minimum Gasteiger partial charge on any atom is -0.461 e. The Morgan fingerprint density at radius 1 is 1.27 bits per heavy atom. The lowest BCUT2D eigenvalue weighted by atomic mass is 9.90. The normalized spacial score (nSPS) is 21.3. The van der Waals surface area contributed by atoms with Crippen LogP contribution in [0.1, 0.15) is 43.2 Å². The highest BCUT2D eigenvalue weighted by molar-refractivity contribution is 6.10. The summed E-state index contributed by atoms with van der Waals surface area (Å²) in [5, 5.41) is 13.2. The molecule has 1 aromatic rings. The second-order valence-corrected chi connectivity index (χ2v) is 8.55. The summed E-state index contributed by atoms with van der Waals surface area (Å²) in [4.78, 5) is 20.0. The maximum absolute atomic E-state index is 12.9. The molecule has 0 atom stereocenters. The number of hydrogen-bond acceptors (Lipinski definition) is 6. The van der Waals surface area contributed by atoms with Crippen LogP contribution in [0.25, 0.3) is 0 Å². The van der Waals surface area contributed by atoms with Crippen LogP contribution in [0.3, 0.4) is 0 Å². The summed E-state index contributed by atoms with van der Waals surface area (Å²) in [5.41, 5.74) is 3.93. The van der Waals surface area contributed by atoms with Crippen LogP contribution in [-0.2, 0) is 16.0 Å². The highest BCUT2D eigenvalue weighted by atomic mass is 16.5. The maximum Gasteiger partial charge on any atom is 0.349 e. The molecule has 0 unspecified atom stereocenters. The van der Waals surface area contributed by atoms with E-state index in [-0.39, 0.29) is 5.57 Å². The fraction of sp³-hybridized carbons (Fsp3) is 0.542. The SMILES string of the molecule is Cc1ccc2c(c1)N=C(N1CCNCC1)/C(=C(\C#N)C(=O)OCC1CCCCC1)C2. The van der Waals surface area contributed by atoms with Crippen molar-refractivity contribution in [2.45, 2.75) is 45.4 Å². The first-order valence-electron chi connectivity index (χ1n) is 11.1. The molecule has 1 aromatic carbocycles. The number of carbonyl (C=O) groups is 1. The van der Waals surface area contributed by atoms with Gasteiger partial charge in [0.2, 0.25) is 0 Å². The van der Waals surface area contributed by atoms with Gasteiger partial charge >= 0.3 is 5.97 Å². The smallest absolute Gasteiger partial charge is 0.349 e. The summed E-state index contributed by atoms with van der Waals surface area (Å²) in [5.74, 6) is 0.668. The maximum atomic E-state index is 12.9. The number of hydrogen-bond donors (Lipinski definition) is 1. The summed E-state index contributed by atoms with van der Waals surface area (Å²) in [6, 6.07) is 8.32. The average Bonchev–Trinajstić information content (AvgIpc) is 2.79. The Bertz CT molecular complexity index is 900. The predicted molar refractivity (Wildman–Crippen MR) is 117 cm³/mol. The highest BCUT2D eigenvalue weighted by Gasteiger charge is 2.29. The largest absolute Gasteiger partial charge is 0.461 e. The molecule has 0 aromatic heterocycles. The molecule has 30 heavy (non-hydrogen) atoms. The van der Waals surface area contributed by atoms with Crippen LogP contribution >= 0.6 is 0 Å². The van der Waals surface area contributed by atoms with Crippen molar-refractivity contribution in [3.05, 3.63) is 40.5 Å². The first kappa shape index (κ1) is 20.6. The highest BCUT2D eigenvalue weighted by Crippen LogP contribution is 2.32. The van der Waals surface area contributed by atoms with Crippen molar-refractivity contribution in [3.63, 3.8) is 0 Å². The molecule has 1 aliphatic carbocycles. The number of amidine groups is 1. The molecule has 0 radical (unpaired) electrons. The third-order valence-electron chi connectivity index (χ3n) is 6.31. The van der Waals surface area contributed by atoms with E-state index in [1.54, 1.807) is 0 Å². The number of ether oxygens (including phenoxy) is 1. The molecule has 1 saturated carbocycles. The lowest BCUT2D eigenvalue weighted by molar-refractivity contribution is -0.140. The molecule has 6 nitrogen and oxygen atoms in total. The van der Waals surface area contributed by atoms with Gasteiger partial charge in [0.25, 0.3) is 0 Å². The molecule has 4 rings (SSSR count). The van der Waals surface area contributed by atoms with Crippen LogP contribution in [0, 0.1) is 24.2 Å². The van der Waals surface area contributed by atoms with Crippen LogP contribution in [0.5, 0.6) is 0 Å². The monoisotopic (exact) mass is 406 g/mol. The van der Waals surface area contributed by atoms with Crippen molar-refractivity contribution >= 4 is 17.5 Å². The number of aryl methyl sites for hydroxylation is 1. The fourth-order valence-electron chi connectivity index (χ4n) is 4.57. The van der Waals surface area contributed by atoms with Crippen LogP contribution < -0.4 is 5.32 Å². The predicted octanol–water partition coefficient (Wildman–Crippen LogP) is 3.43. The van der Waals surface area contributed by atoms with E-state index in [4.69, 9.17) is 9.73 Å². The van der Waals surface area contributed by atoms with Crippen LogP contribution in [0.15, 0.2) is 34.3 Å². The van der Waals surface area contributed by atoms with Crippen LogP contribution in [0.4, 0.5) is 5.69 Å². The van der Waals surface area contributed by atoms with Gasteiger partial charge in [0.15, 0.2) is 0 Å². The van der Waals surface area contributed by atoms with Crippen LogP contribution in [0.2, 0.25) is 0 Å². The van der Waals surface area contributed by atoms with Crippen molar-refractivity contribution in [1.82, 2.24) is 10.2 Å². The van der Waals surface area contributed by atoms with Gasteiger partial charge in [0.05, 0.1) is 12.3 Å². The van der Waals surface area contributed by atoms with E-state index in [9.17, 15) is 10.1 Å². The number of nitrogens with zero attached hydrogens (tertiary/aromatic N) is 3. The number of carbonyl (C=O) groups excluding carboxylic acids is 1. The van der Waals surface area contributed by atoms with Gasteiger partial charge in [0.1, 0.15) is 17.5 Å². The number of esters is 1. The van der Waals surface area contributed by atoms with Gasteiger partial charge in [-0.25, -0.2) is 9.79 Å². The lowest BCUT2D eigenvalue weighted by Gasteiger charge is -2.33. The van der Waals surface area contributed by atoms with E-state index in [0.29, 0.717) is 24.5 Å². The summed E-state index contributed by atoms with van der Waals surface area (Å²) >= 11 is 0. The Balaban J connectivity index is 1.63. The number of benzene rings is 1. The zero-order chi connectivity index (χ0) is 20.9. The fourth-order valence-corrected chi connectivity index (χ4v) is 4.57. The number of aliphatic imine (C=N–C) groups is 1. The molecule has 0 amide bonds. The van der Waals surface area contributed by atoms with E-state index in [1.807, 2.05) is 6.07 Å². The minimum atomic E-state index is -0.503. The van der Waals surface area contributed by atoms with Crippen molar-refractivity contribution in [2.24, 2.45) is 10.9 Å². The number of nitrogens with one attached hydrogen (secondary N) is 1. The second-order valence-electron chi connectivity index (χ2n) is 8.55. The van der Waals surface area contributed by atoms with Gasteiger partial charge in [-0.2, -0.15) is 5.26 Å². The van der Waals surface area contributed by atoms with E-state index in [1.165, 1.54) is 19.3 Å². The quantitative estimate of drug-likeness (QED) is 0.473. The second kappa shape index (κ2) is 9.44. The molecule has 158 valence electrons. The summed E-state index contributed by atoms with van der Waals surface area (Å²) in [6.07, 6.45) is 6.40. The summed E-state index contributed by atoms with van der Waals surface area (Å²) in [7, 11) is 0.